The number of benzene rings is 1. The summed E-state index contributed by atoms with van der Waals surface area (Å²) in [5, 5.41) is 2.54. The van der Waals surface area contributed by atoms with Crippen LogP contribution in [-0.2, 0) is 9.84 Å². The van der Waals surface area contributed by atoms with Crippen LogP contribution in [0.5, 0.6) is 0 Å². The number of pyridine rings is 1. The van der Waals surface area contributed by atoms with Gasteiger partial charge in [-0.2, -0.15) is 0 Å². The number of fused-ring (bicyclic) bond motifs is 1. The molecule has 7 nitrogen and oxygen atoms in total. The van der Waals surface area contributed by atoms with E-state index in [0.29, 0.717) is 5.56 Å². The van der Waals surface area contributed by atoms with E-state index in [-0.39, 0.29) is 16.4 Å². The van der Waals surface area contributed by atoms with Crippen molar-refractivity contribution >= 4 is 48.8 Å². The number of aromatic nitrogens is 2. The molecule has 0 fully saturated rings. The van der Waals surface area contributed by atoms with Crippen LogP contribution in [0, 0.1) is 0 Å². The Kier molecular flexibility index (Phi) is 3.74. The predicted molar refractivity (Wildman–Crippen MR) is 89.3 cm³/mol. The van der Waals surface area contributed by atoms with Gasteiger partial charge in [0.15, 0.2) is 9.84 Å². The van der Waals surface area contributed by atoms with Crippen LogP contribution in [-0.4, -0.2) is 30.5 Å². The number of rotatable bonds is 3. The third kappa shape index (κ3) is 3.01. The van der Waals surface area contributed by atoms with E-state index in [1.54, 1.807) is 23.7 Å². The fourth-order valence-electron chi connectivity index (χ4n) is 2.08. The molecule has 1 aromatic carbocycles. The molecule has 23 heavy (non-hydrogen) atoms. The second kappa shape index (κ2) is 5.60. The molecule has 0 radical (unpaired) electrons. The molecular weight excluding hydrogens is 336 g/mol. The van der Waals surface area contributed by atoms with E-state index in [1.807, 2.05) is 0 Å². The minimum Gasteiger partial charge on any atom is -0.382 e. The highest BCUT2D eigenvalue weighted by Crippen LogP contribution is 2.27. The number of carbonyl (C=O) groups is 1. The third-order valence-corrected chi connectivity index (χ3v) is 5.10. The van der Waals surface area contributed by atoms with Gasteiger partial charge in [-0.3, -0.25) is 4.79 Å². The standard InChI is InChI=1S/C14H12N4O3S2/c1-23(20,21)11-4-5-16-13(15)12(11)18-14(19)8-2-3-9-10(6-8)22-7-17-9/h2-7H,1H3,(H2,15,16)(H,18,19). The van der Waals surface area contributed by atoms with Gasteiger partial charge in [0.05, 0.1) is 20.6 Å². The van der Waals surface area contributed by atoms with Crippen LogP contribution >= 0.6 is 11.3 Å². The smallest absolute Gasteiger partial charge is 0.255 e. The number of amides is 1. The molecule has 2 heterocycles. The van der Waals surface area contributed by atoms with E-state index in [2.05, 4.69) is 15.3 Å². The maximum absolute atomic E-state index is 12.4. The second-order valence-corrected chi connectivity index (χ2v) is 7.70. The third-order valence-electron chi connectivity index (χ3n) is 3.17. The monoisotopic (exact) mass is 348 g/mol. The molecule has 0 spiro atoms. The molecule has 0 saturated heterocycles. The van der Waals surface area contributed by atoms with E-state index < -0.39 is 15.7 Å². The molecule has 0 aliphatic rings. The van der Waals surface area contributed by atoms with Gasteiger partial charge >= 0.3 is 0 Å². The molecule has 1 amide bonds. The maximum atomic E-state index is 12.4. The number of carbonyl (C=O) groups excluding carboxylic acids is 1. The number of hydrogen-bond acceptors (Lipinski definition) is 7. The van der Waals surface area contributed by atoms with Crippen molar-refractivity contribution in [1.82, 2.24) is 9.97 Å². The Bertz CT molecular complexity index is 1010. The normalized spacial score (nSPS) is 11.5. The van der Waals surface area contributed by atoms with Crippen molar-refractivity contribution in [2.45, 2.75) is 4.90 Å². The SMILES string of the molecule is CS(=O)(=O)c1ccnc(N)c1NC(=O)c1ccc2ncsc2c1. The molecule has 3 N–H and O–H groups in total. The maximum Gasteiger partial charge on any atom is 0.255 e. The first-order valence-corrected chi connectivity index (χ1v) is 9.22. The van der Waals surface area contributed by atoms with Gasteiger partial charge in [-0.1, -0.05) is 0 Å². The molecule has 9 heteroatoms. The van der Waals surface area contributed by atoms with Gasteiger partial charge in [0.25, 0.3) is 5.91 Å². The molecule has 118 valence electrons. The van der Waals surface area contributed by atoms with Crippen LogP contribution in [0.3, 0.4) is 0 Å². The lowest BCUT2D eigenvalue weighted by molar-refractivity contribution is 0.102. The Labute approximate surface area is 136 Å². The summed E-state index contributed by atoms with van der Waals surface area (Å²) < 4.78 is 24.5. The topological polar surface area (TPSA) is 115 Å². The zero-order valence-corrected chi connectivity index (χ0v) is 13.6. The number of nitrogens with one attached hydrogen (secondary N) is 1. The number of nitrogen functional groups attached to an aromatic ring is 1. The summed E-state index contributed by atoms with van der Waals surface area (Å²) in [4.78, 5) is 20.3. The van der Waals surface area contributed by atoms with Crippen molar-refractivity contribution in [3.05, 3.63) is 41.5 Å². The number of sulfone groups is 1. The molecule has 0 atom stereocenters. The van der Waals surface area contributed by atoms with Crippen molar-refractivity contribution in [2.24, 2.45) is 0 Å². The minimum atomic E-state index is -3.55. The molecule has 3 aromatic rings. The minimum absolute atomic E-state index is 0.00981. The van der Waals surface area contributed by atoms with E-state index >= 15 is 0 Å². The van der Waals surface area contributed by atoms with Crippen LogP contribution in [0.4, 0.5) is 11.5 Å². The number of nitrogens with zero attached hydrogens (tertiary/aromatic N) is 2. The Morgan fingerprint density at radius 3 is 2.78 bits per heavy atom. The van der Waals surface area contributed by atoms with E-state index in [4.69, 9.17) is 5.73 Å². The molecule has 0 aliphatic heterocycles. The summed E-state index contributed by atoms with van der Waals surface area (Å²) in [6.45, 7) is 0. The van der Waals surface area contributed by atoms with Gasteiger partial charge in [-0.05, 0) is 24.3 Å². The first-order valence-electron chi connectivity index (χ1n) is 6.45. The highest BCUT2D eigenvalue weighted by molar-refractivity contribution is 7.90. The van der Waals surface area contributed by atoms with Gasteiger partial charge in [0.1, 0.15) is 11.5 Å². The number of anilines is 2. The molecule has 0 aliphatic carbocycles. The van der Waals surface area contributed by atoms with Gasteiger partial charge in [0, 0.05) is 18.0 Å². The first kappa shape index (κ1) is 15.4. The van der Waals surface area contributed by atoms with Gasteiger partial charge in [-0.25, -0.2) is 18.4 Å². The second-order valence-electron chi connectivity index (χ2n) is 4.83. The van der Waals surface area contributed by atoms with Crippen LogP contribution in [0.15, 0.2) is 40.9 Å². The summed E-state index contributed by atoms with van der Waals surface area (Å²) in [7, 11) is -3.55. The lowest BCUT2D eigenvalue weighted by Gasteiger charge is -2.11. The quantitative estimate of drug-likeness (QED) is 0.747. The fourth-order valence-corrected chi connectivity index (χ4v) is 3.63. The predicted octanol–water partition coefficient (Wildman–Crippen LogP) is 1.93. The Morgan fingerprint density at radius 2 is 2.04 bits per heavy atom. The largest absolute Gasteiger partial charge is 0.382 e. The molecule has 0 saturated carbocycles. The number of hydrogen-bond donors (Lipinski definition) is 2. The summed E-state index contributed by atoms with van der Waals surface area (Å²) in [5.41, 5.74) is 8.57. The van der Waals surface area contributed by atoms with Crippen molar-refractivity contribution in [2.75, 3.05) is 17.3 Å². The van der Waals surface area contributed by atoms with Crippen LogP contribution in [0.25, 0.3) is 10.2 Å². The van der Waals surface area contributed by atoms with Crippen molar-refractivity contribution < 1.29 is 13.2 Å². The zero-order chi connectivity index (χ0) is 16.6. The number of thiazole rings is 1. The van der Waals surface area contributed by atoms with Gasteiger partial charge < -0.3 is 11.1 Å². The van der Waals surface area contributed by atoms with Crippen LogP contribution < -0.4 is 11.1 Å². The Morgan fingerprint density at radius 1 is 1.26 bits per heavy atom. The molecule has 0 bridgehead atoms. The lowest BCUT2D eigenvalue weighted by Crippen LogP contribution is -2.16. The molecule has 2 aromatic heterocycles. The fraction of sp³-hybridized carbons (Fsp3) is 0.0714. The van der Waals surface area contributed by atoms with Crippen LogP contribution in [0.2, 0.25) is 0 Å². The Balaban J connectivity index is 2.00. The summed E-state index contributed by atoms with van der Waals surface area (Å²) in [6, 6.07) is 6.33. The average molecular weight is 348 g/mol. The molecule has 3 rings (SSSR count). The lowest BCUT2D eigenvalue weighted by atomic mass is 10.2. The Hall–Kier alpha value is -2.52. The summed E-state index contributed by atoms with van der Waals surface area (Å²) in [5.74, 6) is -0.523. The van der Waals surface area contributed by atoms with Crippen molar-refractivity contribution in [3.8, 4) is 0 Å². The highest BCUT2D eigenvalue weighted by Gasteiger charge is 2.19. The molecular formula is C14H12N4O3S2. The average Bonchev–Trinajstić information content (AvgIpc) is 2.95. The van der Waals surface area contributed by atoms with E-state index in [0.717, 1.165) is 16.5 Å². The summed E-state index contributed by atoms with van der Waals surface area (Å²) >= 11 is 1.41. The highest BCUT2D eigenvalue weighted by atomic mass is 32.2. The summed E-state index contributed by atoms with van der Waals surface area (Å²) in [6.07, 6.45) is 2.32. The molecule has 0 unspecified atom stereocenters. The number of nitrogens with two attached hydrogens (primary N) is 1. The van der Waals surface area contributed by atoms with Crippen molar-refractivity contribution in [1.29, 1.82) is 0 Å². The first-order chi connectivity index (χ1) is 10.9. The van der Waals surface area contributed by atoms with Crippen LogP contribution in [0.1, 0.15) is 10.4 Å². The zero-order valence-electron chi connectivity index (χ0n) is 12.0. The van der Waals surface area contributed by atoms with Gasteiger partial charge in [0.2, 0.25) is 0 Å². The van der Waals surface area contributed by atoms with E-state index in [9.17, 15) is 13.2 Å². The van der Waals surface area contributed by atoms with E-state index in [1.165, 1.54) is 23.6 Å². The van der Waals surface area contributed by atoms with Gasteiger partial charge in [-0.15, -0.1) is 11.3 Å². The van der Waals surface area contributed by atoms with Crippen molar-refractivity contribution in [3.63, 3.8) is 0 Å².